The third kappa shape index (κ3) is 3.30. The molecule has 1 saturated heterocycles. The van der Waals surface area contributed by atoms with E-state index in [4.69, 9.17) is 5.73 Å². The molecule has 1 fully saturated rings. The molecule has 0 aliphatic carbocycles. The van der Waals surface area contributed by atoms with Gasteiger partial charge in [0.25, 0.3) is 0 Å². The van der Waals surface area contributed by atoms with Crippen molar-refractivity contribution < 1.29 is 12.8 Å². The first-order valence-corrected chi connectivity index (χ1v) is 8.53. The zero-order valence-corrected chi connectivity index (χ0v) is 13.5. The fourth-order valence-electron chi connectivity index (χ4n) is 2.30. The molecule has 1 heterocycles. The minimum atomic E-state index is -3.74. The van der Waals surface area contributed by atoms with Crippen LogP contribution in [0.5, 0.6) is 0 Å². The number of hydrogen-bond donors (Lipinski definition) is 2. The highest BCUT2D eigenvalue weighted by Gasteiger charge is 2.25. The second kappa shape index (κ2) is 5.97. The number of sulfonamides is 1. The van der Waals surface area contributed by atoms with E-state index in [9.17, 15) is 12.8 Å². The van der Waals surface area contributed by atoms with E-state index in [1.807, 2.05) is 7.05 Å². The van der Waals surface area contributed by atoms with Gasteiger partial charge < -0.3 is 10.6 Å². The molecule has 112 valence electrons. The monoisotopic (exact) mass is 365 g/mol. The largest absolute Gasteiger partial charge is 0.398 e. The second-order valence-electron chi connectivity index (χ2n) is 4.93. The molecule has 1 atom stereocenters. The maximum atomic E-state index is 13.3. The number of anilines is 1. The number of nitrogen functional groups attached to an aromatic ring is 1. The quantitative estimate of drug-likeness (QED) is 0.793. The van der Waals surface area contributed by atoms with Gasteiger partial charge in [0.05, 0.1) is 10.2 Å². The number of hydrogen-bond acceptors (Lipinski definition) is 4. The lowest BCUT2D eigenvalue weighted by Gasteiger charge is -2.20. The summed E-state index contributed by atoms with van der Waals surface area (Å²) in [5.74, 6) is -0.586. The Morgan fingerprint density at radius 2 is 2.25 bits per heavy atom. The highest BCUT2D eigenvalue weighted by molar-refractivity contribution is 9.10. The summed E-state index contributed by atoms with van der Waals surface area (Å²) < 4.78 is 40.4. The van der Waals surface area contributed by atoms with Crippen molar-refractivity contribution >= 4 is 31.6 Å². The molecule has 0 radical (unpaired) electrons. The maximum absolute atomic E-state index is 13.3. The number of nitrogens with one attached hydrogen (secondary N) is 1. The van der Waals surface area contributed by atoms with E-state index in [0.29, 0.717) is 6.54 Å². The van der Waals surface area contributed by atoms with E-state index in [1.165, 1.54) is 6.07 Å². The van der Waals surface area contributed by atoms with Gasteiger partial charge in [-0.15, -0.1) is 0 Å². The minimum Gasteiger partial charge on any atom is -0.398 e. The molecule has 5 nitrogen and oxygen atoms in total. The Balaban J connectivity index is 2.16. The summed E-state index contributed by atoms with van der Waals surface area (Å²) in [5, 5.41) is 0. The van der Waals surface area contributed by atoms with E-state index in [0.717, 1.165) is 25.5 Å². The first-order valence-electron chi connectivity index (χ1n) is 6.25. The van der Waals surface area contributed by atoms with E-state index in [-0.39, 0.29) is 21.1 Å². The van der Waals surface area contributed by atoms with Crippen molar-refractivity contribution in [3.8, 4) is 0 Å². The van der Waals surface area contributed by atoms with Crippen molar-refractivity contribution in [1.29, 1.82) is 0 Å². The van der Waals surface area contributed by atoms with E-state index in [2.05, 4.69) is 25.6 Å². The van der Waals surface area contributed by atoms with Crippen LogP contribution in [0.1, 0.15) is 12.8 Å². The van der Waals surface area contributed by atoms with Crippen molar-refractivity contribution in [3.05, 3.63) is 22.4 Å². The lowest BCUT2D eigenvalue weighted by Crippen LogP contribution is -2.38. The van der Waals surface area contributed by atoms with Gasteiger partial charge in [0, 0.05) is 12.6 Å². The van der Waals surface area contributed by atoms with Crippen LogP contribution in [0, 0.1) is 5.82 Å². The normalized spacial score (nSPS) is 20.4. The van der Waals surface area contributed by atoms with Crippen molar-refractivity contribution in [1.82, 2.24) is 9.62 Å². The first kappa shape index (κ1) is 15.7. The SMILES string of the molecule is CN1CCCC1CNS(=O)(=O)c1cc(Br)c(F)cc1N. The van der Waals surface area contributed by atoms with Gasteiger partial charge in [-0.1, -0.05) is 0 Å². The molecule has 0 aromatic heterocycles. The summed E-state index contributed by atoms with van der Waals surface area (Å²) >= 11 is 2.97. The smallest absolute Gasteiger partial charge is 0.242 e. The maximum Gasteiger partial charge on any atom is 0.242 e. The van der Waals surface area contributed by atoms with Crippen LogP contribution >= 0.6 is 15.9 Å². The second-order valence-corrected chi connectivity index (χ2v) is 7.52. The summed E-state index contributed by atoms with van der Waals surface area (Å²) in [6.07, 6.45) is 2.02. The molecule has 1 aromatic carbocycles. The molecule has 0 spiro atoms. The van der Waals surface area contributed by atoms with E-state index in [1.54, 1.807) is 0 Å². The Hall–Kier alpha value is -0.700. The predicted molar refractivity (Wildman–Crippen MR) is 79.4 cm³/mol. The van der Waals surface area contributed by atoms with Crippen molar-refractivity contribution in [2.24, 2.45) is 0 Å². The molecule has 2 rings (SSSR count). The van der Waals surface area contributed by atoms with Gasteiger partial charge in [-0.25, -0.2) is 17.5 Å². The number of nitrogens with zero attached hydrogens (tertiary/aromatic N) is 1. The van der Waals surface area contributed by atoms with Gasteiger partial charge in [0.2, 0.25) is 10.0 Å². The zero-order chi connectivity index (χ0) is 14.9. The average Bonchev–Trinajstić information content (AvgIpc) is 2.77. The zero-order valence-electron chi connectivity index (χ0n) is 11.1. The lowest BCUT2D eigenvalue weighted by molar-refractivity contribution is 0.311. The van der Waals surface area contributed by atoms with Crippen LogP contribution < -0.4 is 10.5 Å². The van der Waals surface area contributed by atoms with Crippen molar-refractivity contribution in [2.45, 2.75) is 23.8 Å². The third-order valence-electron chi connectivity index (χ3n) is 3.52. The van der Waals surface area contributed by atoms with Crippen LogP contribution in [0.15, 0.2) is 21.5 Å². The van der Waals surface area contributed by atoms with Gasteiger partial charge in [-0.3, -0.25) is 0 Å². The molecule has 0 saturated carbocycles. The summed E-state index contributed by atoms with van der Waals surface area (Å²) in [6, 6.07) is 2.38. The molecule has 1 aliphatic rings. The molecule has 3 N–H and O–H groups in total. The first-order chi connectivity index (χ1) is 9.31. The lowest BCUT2D eigenvalue weighted by atomic mass is 10.2. The fraction of sp³-hybridized carbons (Fsp3) is 0.500. The standard InChI is InChI=1S/C12H17BrFN3O2S/c1-17-4-2-3-8(17)7-16-20(18,19)12-5-9(13)10(14)6-11(12)15/h5-6,8,16H,2-4,7,15H2,1H3. The number of benzene rings is 1. The van der Waals surface area contributed by atoms with Crippen LogP contribution in [-0.2, 0) is 10.0 Å². The van der Waals surface area contributed by atoms with Crippen LogP contribution in [0.25, 0.3) is 0 Å². The highest BCUT2D eigenvalue weighted by Crippen LogP contribution is 2.26. The van der Waals surface area contributed by atoms with Crippen molar-refractivity contribution in [2.75, 3.05) is 25.9 Å². The van der Waals surface area contributed by atoms with Gasteiger partial charge >= 0.3 is 0 Å². The number of likely N-dealkylation sites (N-methyl/N-ethyl adjacent to an activating group) is 1. The van der Waals surface area contributed by atoms with Crippen LogP contribution in [0.3, 0.4) is 0 Å². The topological polar surface area (TPSA) is 75.4 Å². The van der Waals surface area contributed by atoms with Crippen LogP contribution in [0.2, 0.25) is 0 Å². The average molecular weight is 366 g/mol. The number of halogens is 2. The fourth-order valence-corrected chi connectivity index (χ4v) is 4.00. The molecule has 8 heteroatoms. The Kier molecular flexibility index (Phi) is 4.68. The number of rotatable bonds is 4. The summed E-state index contributed by atoms with van der Waals surface area (Å²) in [7, 11) is -1.77. The third-order valence-corrected chi connectivity index (χ3v) is 5.61. The molecule has 0 amide bonds. The molecule has 1 aliphatic heterocycles. The van der Waals surface area contributed by atoms with Crippen molar-refractivity contribution in [3.63, 3.8) is 0 Å². The highest BCUT2D eigenvalue weighted by atomic mass is 79.9. The van der Waals surface area contributed by atoms with Crippen LogP contribution in [-0.4, -0.2) is 39.5 Å². The van der Waals surface area contributed by atoms with Gasteiger partial charge in [-0.2, -0.15) is 0 Å². The Morgan fingerprint density at radius 1 is 1.55 bits per heavy atom. The van der Waals surface area contributed by atoms with Gasteiger partial charge in [0.1, 0.15) is 10.7 Å². The molecule has 0 bridgehead atoms. The Bertz CT molecular complexity index is 609. The predicted octanol–water partition coefficient (Wildman–Crippen LogP) is 1.54. The number of likely N-dealkylation sites (tertiary alicyclic amines) is 1. The molecule has 20 heavy (non-hydrogen) atoms. The summed E-state index contributed by atoms with van der Waals surface area (Å²) in [5.41, 5.74) is 5.50. The summed E-state index contributed by atoms with van der Waals surface area (Å²) in [6.45, 7) is 1.30. The minimum absolute atomic E-state index is 0.0741. The van der Waals surface area contributed by atoms with E-state index >= 15 is 0 Å². The molecule has 1 aromatic rings. The van der Waals surface area contributed by atoms with Crippen LogP contribution in [0.4, 0.5) is 10.1 Å². The van der Waals surface area contributed by atoms with E-state index < -0.39 is 15.8 Å². The molecular weight excluding hydrogens is 349 g/mol. The Morgan fingerprint density at radius 3 is 2.85 bits per heavy atom. The molecular formula is C12H17BrFN3O2S. The summed E-state index contributed by atoms with van der Waals surface area (Å²) in [4.78, 5) is 2.01. The van der Waals surface area contributed by atoms with Gasteiger partial charge in [-0.05, 0) is 54.5 Å². The molecule has 1 unspecified atom stereocenters. The Labute approximate surface area is 126 Å². The van der Waals surface area contributed by atoms with Gasteiger partial charge in [0.15, 0.2) is 0 Å². The number of nitrogens with two attached hydrogens (primary N) is 1.